The maximum atomic E-state index is 12.4. The van der Waals surface area contributed by atoms with Crippen LogP contribution in [0.4, 0.5) is 11.4 Å². The van der Waals surface area contributed by atoms with Crippen LogP contribution in [-0.2, 0) is 9.59 Å². The van der Waals surface area contributed by atoms with E-state index in [0.29, 0.717) is 0 Å². The number of nitrogens with two attached hydrogens (primary N) is 1. The molecular weight excluding hydrogens is 350 g/mol. The van der Waals surface area contributed by atoms with E-state index in [-0.39, 0.29) is 42.1 Å². The zero-order valence-corrected chi connectivity index (χ0v) is 16.0. The van der Waals surface area contributed by atoms with Crippen molar-refractivity contribution in [3.8, 4) is 0 Å². The summed E-state index contributed by atoms with van der Waals surface area (Å²) >= 11 is 0. The maximum Gasteiger partial charge on any atom is 0.227 e. The van der Waals surface area contributed by atoms with Crippen molar-refractivity contribution >= 4 is 35.6 Å². The highest BCUT2D eigenvalue weighted by atomic mass is 35.5. The lowest BCUT2D eigenvalue weighted by atomic mass is 9.85. The fourth-order valence-corrected chi connectivity index (χ4v) is 3.99. The molecule has 0 bridgehead atoms. The van der Waals surface area contributed by atoms with Gasteiger partial charge >= 0.3 is 0 Å². The Hall–Kier alpha value is -1.59. The molecule has 4 N–H and O–H groups in total. The third-order valence-electron chi connectivity index (χ3n) is 5.46. The molecule has 0 saturated heterocycles. The molecule has 0 radical (unpaired) electrons. The zero-order chi connectivity index (χ0) is 17.6. The molecule has 2 amide bonds. The number of carbonyl (C=O) groups excluding carboxylic acids is 2. The number of carbonyl (C=O) groups is 2. The van der Waals surface area contributed by atoms with Crippen LogP contribution in [-0.4, -0.2) is 17.9 Å². The molecule has 2 aliphatic rings. The van der Waals surface area contributed by atoms with Gasteiger partial charge in [-0.05, 0) is 50.3 Å². The maximum absolute atomic E-state index is 12.4. The zero-order valence-electron chi connectivity index (χ0n) is 15.2. The van der Waals surface area contributed by atoms with E-state index in [1.165, 1.54) is 6.42 Å². The van der Waals surface area contributed by atoms with Gasteiger partial charge in [0.1, 0.15) is 0 Å². The van der Waals surface area contributed by atoms with Gasteiger partial charge in [0.25, 0.3) is 0 Å². The fraction of sp³-hybridized carbons (Fsp3) is 0.600. The Balaban J connectivity index is 0.00000243. The Kier molecular flexibility index (Phi) is 7.91. The van der Waals surface area contributed by atoms with Crippen molar-refractivity contribution in [3.63, 3.8) is 0 Å². The van der Waals surface area contributed by atoms with E-state index in [9.17, 15) is 9.59 Å². The Morgan fingerprint density at radius 3 is 2.04 bits per heavy atom. The normalized spacial score (nSPS) is 23.6. The summed E-state index contributed by atoms with van der Waals surface area (Å²) in [4.78, 5) is 24.8. The van der Waals surface area contributed by atoms with Gasteiger partial charge in [-0.2, -0.15) is 0 Å². The highest BCUT2D eigenvalue weighted by Gasteiger charge is 2.25. The van der Waals surface area contributed by atoms with Gasteiger partial charge in [0.2, 0.25) is 11.8 Å². The number of halogens is 1. The van der Waals surface area contributed by atoms with E-state index in [0.717, 1.165) is 62.7 Å². The van der Waals surface area contributed by atoms with Crippen molar-refractivity contribution in [2.45, 2.75) is 63.8 Å². The Morgan fingerprint density at radius 2 is 1.42 bits per heavy atom. The molecule has 2 atom stereocenters. The second kappa shape index (κ2) is 9.93. The summed E-state index contributed by atoms with van der Waals surface area (Å²) < 4.78 is 0. The summed E-state index contributed by atoms with van der Waals surface area (Å²) in [5.74, 6) is 0.243. The molecule has 0 spiro atoms. The lowest BCUT2D eigenvalue weighted by molar-refractivity contribution is -0.121. The quantitative estimate of drug-likeness (QED) is 0.736. The van der Waals surface area contributed by atoms with Gasteiger partial charge in [0.15, 0.2) is 0 Å². The van der Waals surface area contributed by atoms with Crippen molar-refractivity contribution in [3.05, 3.63) is 24.3 Å². The summed E-state index contributed by atoms with van der Waals surface area (Å²) in [6.45, 7) is 0. The highest BCUT2D eigenvalue weighted by molar-refractivity contribution is 5.95. The van der Waals surface area contributed by atoms with Gasteiger partial charge in [-0.1, -0.05) is 31.7 Å². The van der Waals surface area contributed by atoms with Gasteiger partial charge in [-0.3, -0.25) is 9.59 Å². The fourth-order valence-electron chi connectivity index (χ4n) is 3.99. The van der Waals surface area contributed by atoms with E-state index in [1.807, 2.05) is 24.3 Å². The number of nitrogens with one attached hydrogen (secondary N) is 2. The van der Waals surface area contributed by atoms with E-state index in [1.54, 1.807) is 0 Å². The molecule has 144 valence electrons. The molecule has 0 aromatic heterocycles. The predicted molar refractivity (Wildman–Crippen MR) is 107 cm³/mol. The molecule has 6 heteroatoms. The number of rotatable bonds is 4. The number of hydrogen-bond acceptors (Lipinski definition) is 3. The first-order valence-electron chi connectivity index (χ1n) is 9.59. The van der Waals surface area contributed by atoms with Gasteiger partial charge in [0.05, 0.1) is 0 Å². The third kappa shape index (κ3) is 5.71. The summed E-state index contributed by atoms with van der Waals surface area (Å²) in [6, 6.07) is 7.55. The number of amides is 2. The van der Waals surface area contributed by atoms with E-state index >= 15 is 0 Å². The van der Waals surface area contributed by atoms with Gasteiger partial charge in [-0.15, -0.1) is 12.4 Å². The van der Waals surface area contributed by atoms with Crippen LogP contribution in [0.25, 0.3) is 0 Å². The van der Waals surface area contributed by atoms with E-state index < -0.39 is 0 Å². The monoisotopic (exact) mass is 379 g/mol. The van der Waals surface area contributed by atoms with E-state index in [2.05, 4.69) is 10.6 Å². The molecule has 3 rings (SSSR count). The molecule has 2 aliphatic carbocycles. The predicted octanol–water partition coefficient (Wildman–Crippen LogP) is 4.08. The average Bonchev–Trinajstić information content (AvgIpc) is 2.63. The van der Waals surface area contributed by atoms with Crippen LogP contribution >= 0.6 is 12.4 Å². The molecule has 1 aromatic rings. The molecular formula is C20H30ClN3O2. The third-order valence-corrected chi connectivity index (χ3v) is 5.46. The van der Waals surface area contributed by atoms with Crippen LogP contribution in [0.1, 0.15) is 57.8 Å². The van der Waals surface area contributed by atoms with Crippen LogP contribution in [0.3, 0.4) is 0 Å². The number of anilines is 2. The molecule has 2 fully saturated rings. The standard InChI is InChI=1S/C20H29N3O2.ClH/c21-16-9-4-8-15(12-16)20(25)23-18-11-5-10-17(13-18)22-19(24)14-6-2-1-3-7-14;/h5,10-11,13-16H,1-4,6-9,12,21H2,(H,22,24)(H,23,25);1H. The Morgan fingerprint density at radius 1 is 0.846 bits per heavy atom. The highest BCUT2D eigenvalue weighted by Crippen LogP contribution is 2.27. The molecule has 0 aliphatic heterocycles. The van der Waals surface area contributed by atoms with Gasteiger partial charge < -0.3 is 16.4 Å². The lowest BCUT2D eigenvalue weighted by Gasteiger charge is -2.25. The van der Waals surface area contributed by atoms with Crippen molar-refractivity contribution in [2.24, 2.45) is 17.6 Å². The minimum absolute atomic E-state index is 0. The van der Waals surface area contributed by atoms with Crippen molar-refractivity contribution in [1.82, 2.24) is 0 Å². The average molecular weight is 380 g/mol. The molecule has 0 heterocycles. The summed E-state index contributed by atoms with van der Waals surface area (Å²) in [6.07, 6.45) is 9.13. The van der Waals surface area contributed by atoms with Crippen LogP contribution in [0.5, 0.6) is 0 Å². The van der Waals surface area contributed by atoms with Crippen LogP contribution in [0.15, 0.2) is 24.3 Å². The molecule has 5 nitrogen and oxygen atoms in total. The molecule has 1 aromatic carbocycles. The summed E-state index contributed by atoms with van der Waals surface area (Å²) in [5.41, 5.74) is 7.45. The minimum Gasteiger partial charge on any atom is -0.328 e. The molecule has 2 saturated carbocycles. The van der Waals surface area contributed by atoms with Crippen molar-refractivity contribution in [1.29, 1.82) is 0 Å². The first kappa shape index (κ1) is 20.7. The summed E-state index contributed by atoms with van der Waals surface area (Å²) in [5, 5.41) is 5.98. The second-order valence-electron chi connectivity index (χ2n) is 7.52. The van der Waals surface area contributed by atoms with Crippen molar-refractivity contribution < 1.29 is 9.59 Å². The first-order chi connectivity index (χ1) is 12.1. The van der Waals surface area contributed by atoms with Gasteiger partial charge in [-0.25, -0.2) is 0 Å². The SMILES string of the molecule is Cl.NC1CCCC(C(=O)Nc2cccc(NC(=O)C3CCCCC3)c2)C1. The largest absolute Gasteiger partial charge is 0.328 e. The Labute approximate surface area is 161 Å². The van der Waals surface area contributed by atoms with Crippen molar-refractivity contribution in [2.75, 3.05) is 10.6 Å². The van der Waals surface area contributed by atoms with Gasteiger partial charge in [0, 0.05) is 29.3 Å². The molecule has 26 heavy (non-hydrogen) atoms. The van der Waals surface area contributed by atoms with Crippen LogP contribution in [0.2, 0.25) is 0 Å². The second-order valence-corrected chi connectivity index (χ2v) is 7.52. The van der Waals surface area contributed by atoms with Crippen LogP contribution in [0, 0.1) is 11.8 Å². The lowest BCUT2D eigenvalue weighted by Crippen LogP contribution is -2.34. The van der Waals surface area contributed by atoms with E-state index in [4.69, 9.17) is 5.73 Å². The molecule has 2 unspecified atom stereocenters. The number of hydrogen-bond donors (Lipinski definition) is 3. The smallest absolute Gasteiger partial charge is 0.227 e. The first-order valence-corrected chi connectivity index (χ1v) is 9.59. The minimum atomic E-state index is -0.00997. The van der Waals surface area contributed by atoms with Crippen LogP contribution < -0.4 is 16.4 Å². The Bertz CT molecular complexity index is 617. The summed E-state index contributed by atoms with van der Waals surface area (Å²) in [7, 11) is 0. The topological polar surface area (TPSA) is 84.2 Å². The number of benzene rings is 1.